The first kappa shape index (κ1) is 60.6. The molecule has 75 heavy (non-hydrogen) atoms. The number of ether oxygens (including phenoxy) is 6. The van der Waals surface area contributed by atoms with Crippen molar-refractivity contribution in [3.63, 3.8) is 0 Å². The second kappa shape index (κ2) is 28.8. The fraction of sp³-hybridized carbons (Fsp3) is 0.531. The summed E-state index contributed by atoms with van der Waals surface area (Å²) in [5.74, 6) is -2.00. The van der Waals surface area contributed by atoms with Gasteiger partial charge >= 0.3 is 10.4 Å². The van der Waals surface area contributed by atoms with Crippen LogP contribution in [0.3, 0.4) is 0 Å². The molecule has 0 aromatic heterocycles. The largest absolute Gasteiger partial charge is 0.496 e. The lowest BCUT2D eigenvalue weighted by Gasteiger charge is -2.40. The molecule has 6 atom stereocenters. The molecule has 3 aromatic rings. The quantitative estimate of drug-likeness (QED) is 0.0237. The maximum Gasteiger partial charge on any atom is 0.397 e. The lowest BCUT2D eigenvalue weighted by molar-refractivity contribution is -0.225. The minimum atomic E-state index is -4.72. The lowest BCUT2D eigenvalue weighted by Crippen LogP contribution is -2.57. The van der Waals surface area contributed by atoms with Crippen LogP contribution in [0.4, 0.5) is 5.69 Å². The van der Waals surface area contributed by atoms with Crippen molar-refractivity contribution >= 4 is 67.3 Å². The number of amidine groups is 1. The average Bonchev–Trinajstić information content (AvgIpc) is 3.38. The van der Waals surface area contributed by atoms with Crippen LogP contribution in [0.5, 0.6) is 5.75 Å². The predicted octanol–water partition coefficient (Wildman–Crippen LogP) is 2.04. The smallest absolute Gasteiger partial charge is 0.397 e. The van der Waals surface area contributed by atoms with Gasteiger partial charge in [0.25, 0.3) is 5.91 Å². The van der Waals surface area contributed by atoms with Gasteiger partial charge in [0.2, 0.25) is 27.7 Å². The van der Waals surface area contributed by atoms with E-state index in [0.29, 0.717) is 57.9 Å². The van der Waals surface area contributed by atoms with E-state index in [0.717, 1.165) is 31.0 Å². The number of thioether (sulfide) groups is 1. The van der Waals surface area contributed by atoms with Gasteiger partial charge in [-0.25, -0.2) is 12.6 Å². The van der Waals surface area contributed by atoms with Crippen LogP contribution in [0.2, 0.25) is 0 Å². The van der Waals surface area contributed by atoms with Crippen LogP contribution >= 0.6 is 11.8 Å². The summed E-state index contributed by atoms with van der Waals surface area (Å²) in [6.45, 7) is 5.94. The molecule has 2 saturated heterocycles. The van der Waals surface area contributed by atoms with Gasteiger partial charge in [-0.3, -0.25) is 29.1 Å². The van der Waals surface area contributed by atoms with Crippen molar-refractivity contribution in [2.24, 2.45) is 5.73 Å². The molecule has 0 radical (unpaired) electrons. The number of carbonyl (C=O) groups is 4. The van der Waals surface area contributed by atoms with Gasteiger partial charge in [0.1, 0.15) is 48.1 Å². The van der Waals surface area contributed by atoms with Gasteiger partial charge in [-0.05, 0) is 92.6 Å². The highest BCUT2D eigenvalue weighted by Gasteiger charge is 2.43. The number of benzene rings is 3. The first-order valence-electron chi connectivity index (χ1n) is 24.1. The maximum absolute atomic E-state index is 14.4. The Morgan fingerprint density at radius 3 is 2.19 bits per heavy atom. The van der Waals surface area contributed by atoms with E-state index in [-0.39, 0.29) is 67.5 Å². The number of rotatable bonds is 28. The summed E-state index contributed by atoms with van der Waals surface area (Å²) in [7, 11) is -4.72. The number of aryl methyl sites for hydroxylation is 1. The normalized spacial score (nSPS) is 18.9. The van der Waals surface area contributed by atoms with Crippen molar-refractivity contribution < 1.29 is 73.2 Å². The van der Waals surface area contributed by atoms with E-state index in [4.69, 9.17) is 44.1 Å². The number of anilines is 1. The molecule has 3 aromatic carbocycles. The molecule has 23 nitrogen and oxygen atoms in total. The third kappa shape index (κ3) is 17.9. The minimum absolute atomic E-state index is 0.0286. The number of methoxy groups -OCH3 is 3. The zero-order chi connectivity index (χ0) is 54.9. The van der Waals surface area contributed by atoms with E-state index < -0.39 is 81.3 Å². The zero-order valence-electron chi connectivity index (χ0n) is 42.9. The molecule has 2 heterocycles. The molecule has 0 aliphatic carbocycles. The fourth-order valence-corrected chi connectivity index (χ4v) is 11.6. The molecule has 8 N–H and O–H groups in total. The van der Waals surface area contributed by atoms with E-state index in [1.165, 1.54) is 45.6 Å². The van der Waals surface area contributed by atoms with Crippen LogP contribution in [-0.2, 0) is 69.1 Å². The number of likely N-dealkylation sites (tertiary alicyclic amines) is 1. The Morgan fingerprint density at radius 1 is 0.880 bits per heavy atom. The van der Waals surface area contributed by atoms with Gasteiger partial charge in [0, 0.05) is 62.8 Å². The van der Waals surface area contributed by atoms with E-state index >= 15 is 0 Å². The molecule has 3 unspecified atom stereocenters. The predicted molar refractivity (Wildman–Crippen MR) is 279 cm³/mol. The summed E-state index contributed by atoms with van der Waals surface area (Å²) in [5.41, 5.74) is 8.89. The van der Waals surface area contributed by atoms with Gasteiger partial charge in [-0.2, -0.15) is 13.1 Å². The van der Waals surface area contributed by atoms with Crippen LogP contribution in [0.25, 0.3) is 0 Å². The summed E-state index contributed by atoms with van der Waals surface area (Å²) in [4.78, 5) is 56.3. The summed E-state index contributed by atoms with van der Waals surface area (Å²) >= 11 is 0.998. The molecule has 0 spiro atoms. The number of nitrogen functional groups attached to an aromatic ring is 1. The molecule has 2 aliphatic heterocycles. The molecule has 2 aliphatic rings. The number of hydrogen-bond acceptors (Lipinski definition) is 17. The SMILES string of the molecule is COc1cc(C)c(S(=O)(=O)N[C@@H](CSCC(=O)Nc2ccc(C(=O)NCCOCCO[C@@H]3C(COS(=O)(=O)O)OCC(OC)[C@@H]3OC)cc2)C(=O)NC(Cc2ccc(C(=N)N)cc2)C(=O)N2CCCCC2)c(C)c1C. The molecule has 4 amide bonds. The Hall–Kier alpha value is -5.26. The van der Waals surface area contributed by atoms with Crippen LogP contribution in [0.1, 0.15) is 57.4 Å². The first-order valence-corrected chi connectivity index (χ1v) is 28.1. The monoisotopic (exact) mass is 1110 g/mol. The number of hydrogen-bond donors (Lipinski definition) is 7. The number of nitrogens with two attached hydrogens (primary N) is 1. The van der Waals surface area contributed by atoms with Crippen molar-refractivity contribution in [2.45, 2.75) is 87.8 Å². The van der Waals surface area contributed by atoms with E-state index in [9.17, 15) is 36.0 Å². The highest BCUT2D eigenvalue weighted by atomic mass is 32.3. The minimum Gasteiger partial charge on any atom is -0.496 e. The number of nitrogens with zero attached hydrogens (tertiary/aromatic N) is 1. The van der Waals surface area contributed by atoms with Gasteiger partial charge in [0.05, 0.1) is 50.8 Å². The van der Waals surface area contributed by atoms with E-state index in [2.05, 4.69) is 24.9 Å². The summed E-state index contributed by atoms with van der Waals surface area (Å²) in [6, 6.07) is 11.9. The Labute approximate surface area is 442 Å². The van der Waals surface area contributed by atoms with Crippen LogP contribution in [0, 0.1) is 26.2 Å². The average molecular weight is 1110 g/mol. The van der Waals surface area contributed by atoms with Crippen LogP contribution < -0.4 is 31.1 Å². The second-order valence-corrected chi connectivity index (χ2v) is 21.6. The molecule has 414 valence electrons. The summed E-state index contributed by atoms with van der Waals surface area (Å²) in [6.07, 6.45) is -0.249. The van der Waals surface area contributed by atoms with Gasteiger partial charge < -0.3 is 55.0 Å². The van der Waals surface area contributed by atoms with Crippen LogP contribution in [0.15, 0.2) is 59.5 Å². The molecule has 2 fully saturated rings. The van der Waals surface area contributed by atoms with Crippen LogP contribution in [-0.4, -0.2) is 178 Å². The molecule has 26 heteroatoms. The van der Waals surface area contributed by atoms with Crippen molar-refractivity contribution in [3.8, 4) is 5.75 Å². The number of nitrogens with one attached hydrogen (secondary N) is 5. The summed E-state index contributed by atoms with van der Waals surface area (Å²) in [5, 5.41) is 16.1. The number of amides is 4. The van der Waals surface area contributed by atoms with Crippen molar-refractivity contribution in [2.75, 3.05) is 90.8 Å². The molecular weight excluding hydrogens is 1040 g/mol. The second-order valence-electron chi connectivity index (χ2n) is 17.8. The molecule has 5 rings (SSSR count). The Morgan fingerprint density at radius 2 is 1.56 bits per heavy atom. The van der Waals surface area contributed by atoms with Gasteiger partial charge in [-0.15, -0.1) is 11.8 Å². The van der Waals surface area contributed by atoms with Crippen molar-refractivity contribution in [1.29, 1.82) is 5.41 Å². The van der Waals surface area contributed by atoms with E-state index in [1.54, 1.807) is 56.0 Å². The maximum atomic E-state index is 14.4. The van der Waals surface area contributed by atoms with Crippen molar-refractivity contribution in [3.05, 3.63) is 88.0 Å². The first-order chi connectivity index (χ1) is 35.7. The standard InChI is InChI=1S/C49H69N7O16S3/c1-30-24-39(66-4)31(2)32(3)45(30)74(61,62)55-38(48(59)54-37(49(60)56-19-8-7-9-20-56)25-33-10-12-34(13-11-33)46(50)51)28-73-29-42(57)53-36-16-14-35(15-17-36)47(58)52-18-21-69-22-23-70-44-41(27-72-75(63,64)65)71-26-40(67-5)43(44)68-6/h10-17,24,37-38,40-41,43-44,55H,7-9,18-23,25-29H2,1-6H3,(H3,50,51)(H,52,58)(H,53,57)(H,54,59)(H,63,64,65)/t37?,38-,40?,41?,43-,44+/m0/s1. The third-order valence-electron chi connectivity index (χ3n) is 12.6. The van der Waals surface area contributed by atoms with Gasteiger partial charge in [-0.1, -0.05) is 24.3 Å². The summed E-state index contributed by atoms with van der Waals surface area (Å²) < 4.78 is 100. The van der Waals surface area contributed by atoms with Crippen molar-refractivity contribution in [1.82, 2.24) is 20.3 Å². The zero-order valence-corrected chi connectivity index (χ0v) is 45.3. The Balaban J connectivity index is 1.17. The molecule has 0 saturated carbocycles. The Bertz CT molecular complexity index is 2660. The Kier molecular flexibility index (Phi) is 23.2. The highest BCUT2D eigenvalue weighted by molar-refractivity contribution is 8.00. The number of piperidine rings is 1. The van der Waals surface area contributed by atoms with Gasteiger partial charge in [0.15, 0.2) is 0 Å². The third-order valence-corrected chi connectivity index (χ3v) is 15.8. The highest BCUT2D eigenvalue weighted by Crippen LogP contribution is 2.31. The number of carbonyl (C=O) groups excluding carboxylic acids is 4. The lowest BCUT2D eigenvalue weighted by atomic mass is 10.00. The molecular formula is C49H69N7O16S3. The molecule has 0 bridgehead atoms. The topological polar surface area (TPSA) is 323 Å². The fourth-order valence-electron chi connectivity index (χ4n) is 8.59. The number of sulfonamides is 1. The van der Waals surface area contributed by atoms with E-state index in [1.807, 2.05) is 0 Å².